The Labute approximate surface area is 120 Å². The molecule has 0 aromatic carbocycles. The number of anilines is 1. The van der Waals surface area contributed by atoms with Gasteiger partial charge in [0.05, 0.1) is 5.75 Å². The molecule has 2 heterocycles. The lowest BCUT2D eigenvalue weighted by Crippen LogP contribution is -2.36. The van der Waals surface area contributed by atoms with Crippen molar-refractivity contribution in [3.8, 4) is 0 Å². The SMILES string of the molecule is CC(=O)Nc1nnc(SCC(=O)N2CCCCC2)s1. The number of thioether (sulfide) groups is 1. The van der Waals surface area contributed by atoms with Crippen molar-refractivity contribution < 1.29 is 9.59 Å². The normalized spacial score (nSPS) is 15.3. The van der Waals surface area contributed by atoms with E-state index in [2.05, 4.69) is 15.5 Å². The first-order chi connectivity index (χ1) is 9.15. The number of aromatic nitrogens is 2. The van der Waals surface area contributed by atoms with E-state index in [0.717, 1.165) is 25.9 Å². The fraction of sp³-hybridized carbons (Fsp3) is 0.636. The van der Waals surface area contributed by atoms with Crippen LogP contribution in [-0.4, -0.2) is 45.8 Å². The van der Waals surface area contributed by atoms with Gasteiger partial charge in [-0.1, -0.05) is 23.1 Å². The van der Waals surface area contributed by atoms with Crippen molar-refractivity contribution in [2.45, 2.75) is 30.5 Å². The molecule has 0 atom stereocenters. The molecule has 1 aromatic rings. The highest BCUT2D eigenvalue weighted by Gasteiger charge is 2.17. The van der Waals surface area contributed by atoms with Crippen molar-refractivity contribution >= 4 is 40.0 Å². The Balaban J connectivity index is 1.79. The van der Waals surface area contributed by atoms with Gasteiger partial charge in [0.1, 0.15) is 0 Å². The molecule has 19 heavy (non-hydrogen) atoms. The highest BCUT2D eigenvalue weighted by molar-refractivity contribution is 8.01. The van der Waals surface area contributed by atoms with Gasteiger partial charge in [0, 0.05) is 20.0 Å². The molecule has 2 amide bonds. The van der Waals surface area contributed by atoms with E-state index in [4.69, 9.17) is 0 Å². The Morgan fingerprint density at radius 1 is 1.32 bits per heavy atom. The van der Waals surface area contributed by atoms with Crippen molar-refractivity contribution in [1.29, 1.82) is 0 Å². The molecule has 1 aromatic heterocycles. The second kappa shape index (κ2) is 6.85. The van der Waals surface area contributed by atoms with Gasteiger partial charge >= 0.3 is 0 Å². The summed E-state index contributed by atoms with van der Waals surface area (Å²) in [5.41, 5.74) is 0. The van der Waals surface area contributed by atoms with E-state index in [-0.39, 0.29) is 11.8 Å². The molecule has 0 radical (unpaired) electrons. The number of nitrogens with zero attached hydrogens (tertiary/aromatic N) is 3. The average Bonchev–Trinajstić information content (AvgIpc) is 2.84. The number of carbonyl (C=O) groups is 2. The molecular weight excluding hydrogens is 284 g/mol. The van der Waals surface area contributed by atoms with Gasteiger partial charge in [-0.15, -0.1) is 10.2 Å². The first-order valence-electron chi connectivity index (χ1n) is 6.17. The van der Waals surface area contributed by atoms with Crippen LogP contribution in [-0.2, 0) is 9.59 Å². The zero-order valence-corrected chi connectivity index (χ0v) is 12.4. The summed E-state index contributed by atoms with van der Waals surface area (Å²) in [4.78, 5) is 24.7. The van der Waals surface area contributed by atoms with Crippen LogP contribution < -0.4 is 5.32 Å². The Morgan fingerprint density at radius 3 is 2.74 bits per heavy atom. The monoisotopic (exact) mass is 300 g/mol. The second-order valence-electron chi connectivity index (χ2n) is 4.28. The molecule has 2 rings (SSSR count). The lowest BCUT2D eigenvalue weighted by atomic mass is 10.1. The van der Waals surface area contributed by atoms with Crippen molar-refractivity contribution in [3.63, 3.8) is 0 Å². The van der Waals surface area contributed by atoms with Crippen LogP contribution in [0.4, 0.5) is 5.13 Å². The van der Waals surface area contributed by atoms with E-state index >= 15 is 0 Å². The third kappa shape index (κ3) is 4.46. The van der Waals surface area contributed by atoms with E-state index in [1.165, 1.54) is 36.4 Å². The Kier molecular flexibility index (Phi) is 5.15. The average molecular weight is 300 g/mol. The molecule has 8 heteroatoms. The third-order valence-electron chi connectivity index (χ3n) is 2.72. The van der Waals surface area contributed by atoms with Gasteiger partial charge in [-0.25, -0.2) is 0 Å². The van der Waals surface area contributed by atoms with Crippen LogP contribution in [0.15, 0.2) is 4.34 Å². The Bertz CT molecular complexity index is 457. The van der Waals surface area contributed by atoms with E-state index < -0.39 is 0 Å². The van der Waals surface area contributed by atoms with Crippen molar-refractivity contribution in [2.75, 3.05) is 24.2 Å². The minimum absolute atomic E-state index is 0.154. The van der Waals surface area contributed by atoms with E-state index in [1.54, 1.807) is 0 Å². The van der Waals surface area contributed by atoms with Crippen LogP contribution in [0.2, 0.25) is 0 Å². The molecule has 1 aliphatic heterocycles. The molecule has 0 aliphatic carbocycles. The maximum Gasteiger partial charge on any atom is 0.233 e. The van der Waals surface area contributed by atoms with Gasteiger partial charge in [0.15, 0.2) is 4.34 Å². The summed E-state index contributed by atoms with van der Waals surface area (Å²) in [7, 11) is 0. The molecule has 6 nitrogen and oxygen atoms in total. The summed E-state index contributed by atoms with van der Waals surface area (Å²) in [6.45, 7) is 3.16. The Morgan fingerprint density at radius 2 is 2.05 bits per heavy atom. The van der Waals surface area contributed by atoms with Crippen molar-refractivity contribution in [1.82, 2.24) is 15.1 Å². The summed E-state index contributed by atoms with van der Waals surface area (Å²) < 4.78 is 0.703. The van der Waals surface area contributed by atoms with Crippen LogP contribution in [0, 0.1) is 0 Å². The predicted octanol–water partition coefficient (Wildman–Crippen LogP) is 1.60. The quantitative estimate of drug-likeness (QED) is 0.675. The number of piperidine rings is 1. The van der Waals surface area contributed by atoms with Gasteiger partial charge < -0.3 is 10.2 Å². The molecule has 0 spiro atoms. The minimum atomic E-state index is -0.169. The van der Waals surface area contributed by atoms with Crippen LogP contribution in [0.5, 0.6) is 0 Å². The standard InChI is InChI=1S/C11H16N4O2S2/c1-8(16)12-10-13-14-11(19-10)18-7-9(17)15-5-3-2-4-6-15/h2-7H2,1H3,(H,12,13,16). The molecule has 0 bridgehead atoms. The van der Waals surface area contributed by atoms with Crippen LogP contribution in [0.1, 0.15) is 26.2 Å². The first-order valence-corrected chi connectivity index (χ1v) is 7.97. The summed E-state index contributed by atoms with van der Waals surface area (Å²) >= 11 is 2.66. The number of carbonyl (C=O) groups excluding carboxylic acids is 2. The minimum Gasteiger partial charge on any atom is -0.342 e. The molecule has 1 N–H and O–H groups in total. The molecule has 1 aliphatic rings. The number of nitrogens with one attached hydrogen (secondary N) is 1. The second-order valence-corrected chi connectivity index (χ2v) is 6.48. The van der Waals surface area contributed by atoms with Crippen LogP contribution in [0.25, 0.3) is 0 Å². The zero-order valence-electron chi connectivity index (χ0n) is 10.7. The van der Waals surface area contributed by atoms with Gasteiger partial charge in [-0.2, -0.15) is 0 Å². The van der Waals surface area contributed by atoms with Gasteiger partial charge in [-0.3, -0.25) is 9.59 Å². The lowest BCUT2D eigenvalue weighted by Gasteiger charge is -2.26. The highest BCUT2D eigenvalue weighted by Crippen LogP contribution is 2.25. The van der Waals surface area contributed by atoms with Gasteiger partial charge in [0.2, 0.25) is 16.9 Å². The summed E-state index contributed by atoms with van der Waals surface area (Å²) in [6.07, 6.45) is 3.41. The molecule has 104 valence electrons. The smallest absolute Gasteiger partial charge is 0.233 e. The topological polar surface area (TPSA) is 75.2 Å². The fourth-order valence-electron chi connectivity index (χ4n) is 1.83. The van der Waals surface area contributed by atoms with Crippen LogP contribution in [0.3, 0.4) is 0 Å². The number of amides is 2. The van der Waals surface area contributed by atoms with E-state index in [0.29, 0.717) is 15.2 Å². The van der Waals surface area contributed by atoms with Gasteiger partial charge in [-0.05, 0) is 19.3 Å². The summed E-state index contributed by atoms with van der Waals surface area (Å²) in [5.74, 6) is 0.368. The van der Waals surface area contributed by atoms with E-state index in [9.17, 15) is 9.59 Å². The fourth-order valence-corrected chi connectivity index (χ4v) is 3.53. The number of rotatable bonds is 4. The predicted molar refractivity (Wildman–Crippen MR) is 75.4 cm³/mol. The van der Waals surface area contributed by atoms with E-state index in [1.807, 2.05) is 4.90 Å². The number of likely N-dealkylation sites (tertiary alicyclic amines) is 1. The number of hydrogen-bond donors (Lipinski definition) is 1. The third-order valence-corrected chi connectivity index (χ3v) is 4.67. The highest BCUT2D eigenvalue weighted by atomic mass is 32.2. The molecule has 1 saturated heterocycles. The Hall–Kier alpha value is -1.15. The lowest BCUT2D eigenvalue weighted by molar-refractivity contribution is -0.129. The van der Waals surface area contributed by atoms with Gasteiger partial charge in [0.25, 0.3) is 0 Å². The summed E-state index contributed by atoms with van der Waals surface area (Å²) in [5, 5.41) is 10.8. The molecule has 0 saturated carbocycles. The van der Waals surface area contributed by atoms with Crippen molar-refractivity contribution in [2.24, 2.45) is 0 Å². The molecule has 0 unspecified atom stereocenters. The molecule has 1 fully saturated rings. The zero-order chi connectivity index (χ0) is 13.7. The first kappa shape index (κ1) is 14.3. The molecular formula is C11H16N4O2S2. The number of hydrogen-bond acceptors (Lipinski definition) is 6. The maximum absolute atomic E-state index is 11.9. The largest absolute Gasteiger partial charge is 0.342 e. The maximum atomic E-state index is 11.9. The van der Waals surface area contributed by atoms with Crippen LogP contribution >= 0.6 is 23.1 Å². The summed E-state index contributed by atoms with van der Waals surface area (Å²) in [6, 6.07) is 0. The van der Waals surface area contributed by atoms with Crippen molar-refractivity contribution in [3.05, 3.63) is 0 Å².